The zero-order chi connectivity index (χ0) is 17.1. The van der Waals surface area contributed by atoms with Gasteiger partial charge in [-0.15, -0.1) is 11.6 Å². The maximum Gasteiger partial charge on any atom is 0.340 e. The lowest BCUT2D eigenvalue weighted by atomic mass is 9.93. The summed E-state index contributed by atoms with van der Waals surface area (Å²) in [5.74, 6) is -0.354. The lowest BCUT2D eigenvalue weighted by molar-refractivity contribution is 0.0525. The predicted molar refractivity (Wildman–Crippen MR) is 94.7 cm³/mol. The van der Waals surface area contributed by atoms with Crippen molar-refractivity contribution in [2.24, 2.45) is 0 Å². The largest absolute Gasteiger partial charge is 0.462 e. The fourth-order valence-corrected chi connectivity index (χ4v) is 3.10. The van der Waals surface area contributed by atoms with Crippen LogP contribution < -0.4 is 0 Å². The van der Waals surface area contributed by atoms with Crippen molar-refractivity contribution in [2.45, 2.75) is 26.7 Å². The number of aryl methyl sites for hydroxylation is 1. The van der Waals surface area contributed by atoms with Gasteiger partial charge in [-0.2, -0.15) is 0 Å². The number of hydrogen-bond donors (Lipinski definition) is 0. The molecule has 0 aliphatic carbocycles. The van der Waals surface area contributed by atoms with Gasteiger partial charge < -0.3 is 4.74 Å². The Hall–Kier alpha value is -1.29. The number of carbonyl (C=O) groups is 1. The quantitative estimate of drug-likeness (QED) is 0.519. The second kappa shape index (κ2) is 7.52. The van der Waals surface area contributed by atoms with E-state index in [4.69, 9.17) is 39.5 Å². The summed E-state index contributed by atoms with van der Waals surface area (Å²) in [5.41, 5.74) is 3.87. The average Bonchev–Trinajstić information content (AvgIpc) is 2.50. The van der Waals surface area contributed by atoms with Crippen LogP contribution in [0.2, 0.25) is 10.0 Å². The van der Waals surface area contributed by atoms with E-state index in [1.807, 2.05) is 13.8 Å². The molecule has 0 radical (unpaired) electrons. The molecule has 0 fully saturated rings. The number of hydrogen-bond acceptors (Lipinski definition) is 3. The van der Waals surface area contributed by atoms with Crippen molar-refractivity contribution in [1.82, 2.24) is 4.98 Å². The zero-order valence-electron chi connectivity index (χ0n) is 13.0. The number of aromatic nitrogens is 1. The number of ether oxygens (including phenoxy) is 1. The molecule has 0 unspecified atom stereocenters. The van der Waals surface area contributed by atoms with Gasteiger partial charge in [-0.1, -0.05) is 29.3 Å². The van der Waals surface area contributed by atoms with Crippen molar-refractivity contribution in [3.63, 3.8) is 0 Å². The van der Waals surface area contributed by atoms with E-state index < -0.39 is 5.97 Å². The number of rotatable bonds is 4. The molecule has 0 saturated carbocycles. The van der Waals surface area contributed by atoms with Gasteiger partial charge in [0, 0.05) is 26.9 Å². The van der Waals surface area contributed by atoms with Crippen LogP contribution >= 0.6 is 34.8 Å². The summed E-state index contributed by atoms with van der Waals surface area (Å²) >= 11 is 18.3. The standard InChI is InChI=1S/C17H16Cl3NO2/c1-4-23-17(22)16-14(8-18)21-10(3)9(2)15(16)12-6-5-11(19)7-13(12)20/h5-7H,4,8H2,1-3H3. The second-order valence-electron chi connectivity index (χ2n) is 5.00. The van der Waals surface area contributed by atoms with E-state index in [1.54, 1.807) is 25.1 Å². The van der Waals surface area contributed by atoms with Crippen molar-refractivity contribution >= 4 is 40.8 Å². The summed E-state index contributed by atoms with van der Waals surface area (Å²) in [5, 5.41) is 0.981. The van der Waals surface area contributed by atoms with E-state index in [9.17, 15) is 4.79 Å². The average molecular weight is 373 g/mol. The lowest BCUT2D eigenvalue weighted by Gasteiger charge is -2.18. The van der Waals surface area contributed by atoms with Crippen molar-refractivity contribution in [3.8, 4) is 11.1 Å². The number of benzene rings is 1. The molecule has 0 amide bonds. The summed E-state index contributed by atoms with van der Waals surface area (Å²) in [6, 6.07) is 5.16. The first kappa shape index (κ1) is 18.1. The normalized spacial score (nSPS) is 10.7. The van der Waals surface area contributed by atoms with E-state index in [0.29, 0.717) is 32.4 Å². The molecule has 122 valence electrons. The van der Waals surface area contributed by atoms with Gasteiger partial charge in [0.2, 0.25) is 0 Å². The van der Waals surface area contributed by atoms with Crippen molar-refractivity contribution in [3.05, 3.63) is 50.8 Å². The molecule has 0 atom stereocenters. The van der Waals surface area contributed by atoms with Crippen LogP contribution in [0.25, 0.3) is 11.1 Å². The van der Waals surface area contributed by atoms with Crippen molar-refractivity contribution < 1.29 is 9.53 Å². The number of esters is 1. The molecule has 6 heteroatoms. The zero-order valence-corrected chi connectivity index (χ0v) is 15.3. The van der Waals surface area contributed by atoms with Crippen LogP contribution in [-0.4, -0.2) is 17.6 Å². The molecule has 0 aliphatic rings. The summed E-state index contributed by atoms with van der Waals surface area (Å²) in [4.78, 5) is 16.9. The highest BCUT2D eigenvalue weighted by molar-refractivity contribution is 6.36. The Balaban J connectivity index is 2.83. The monoisotopic (exact) mass is 371 g/mol. The Kier molecular flexibility index (Phi) is 5.90. The molecule has 0 aliphatic heterocycles. The minimum Gasteiger partial charge on any atom is -0.462 e. The van der Waals surface area contributed by atoms with E-state index in [-0.39, 0.29) is 12.5 Å². The Bertz CT molecular complexity index is 760. The van der Waals surface area contributed by atoms with Crippen LogP contribution in [0.1, 0.15) is 34.2 Å². The molecule has 0 N–H and O–H groups in total. The highest BCUT2D eigenvalue weighted by atomic mass is 35.5. The SMILES string of the molecule is CCOC(=O)c1c(CCl)nc(C)c(C)c1-c1ccc(Cl)cc1Cl. The van der Waals surface area contributed by atoms with Gasteiger partial charge in [0.05, 0.1) is 23.7 Å². The van der Waals surface area contributed by atoms with E-state index in [0.717, 1.165) is 11.3 Å². The number of alkyl halides is 1. The van der Waals surface area contributed by atoms with Crippen molar-refractivity contribution in [2.75, 3.05) is 6.61 Å². The molecule has 2 rings (SSSR count). The molecule has 3 nitrogen and oxygen atoms in total. The van der Waals surface area contributed by atoms with Gasteiger partial charge in [-0.25, -0.2) is 4.79 Å². The van der Waals surface area contributed by atoms with Crippen LogP contribution in [-0.2, 0) is 10.6 Å². The first-order chi connectivity index (χ1) is 10.9. The molecule has 23 heavy (non-hydrogen) atoms. The second-order valence-corrected chi connectivity index (χ2v) is 6.11. The van der Waals surface area contributed by atoms with Crippen LogP contribution in [0.5, 0.6) is 0 Å². The number of halogens is 3. The molecular weight excluding hydrogens is 357 g/mol. The van der Waals surface area contributed by atoms with Gasteiger partial charge in [-0.05, 0) is 38.5 Å². The Labute approximate surface area is 150 Å². The predicted octanol–water partition coefficient (Wildman–Crippen LogP) is 5.59. The summed E-state index contributed by atoms with van der Waals surface area (Å²) in [7, 11) is 0. The Morgan fingerprint density at radius 2 is 1.96 bits per heavy atom. The summed E-state index contributed by atoms with van der Waals surface area (Å²) in [6.45, 7) is 5.78. The fourth-order valence-electron chi connectivity index (χ4n) is 2.40. The van der Waals surface area contributed by atoms with Gasteiger partial charge in [-0.3, -0.25) is 4.98 Å². The van der Waals surface area contributed by atoms with E-state index >= 15 is 0 Å². The third-order valence-corrected chi connectivity index (χ3v) is 4.37. The van der Waals surface area contributed by atoms with E-state index in [1.165, 1.54) is 0 Å². The molecule has 1 aromatic carbocycles. The maximum absolute atomic E-state index is 12.5. The first-order valence-electron chi connectivity index (χ1n) is 7.09. The Morgan fingerprint density at radius 1 is 1.26 bits per heavy atom. The highest BCUT2D eigenvalue weighted by Gasteiger charge is 2.24. The minimum atomic E-state index is -0.459. The van der Waals surface area contributed by atoms with Crippen LogP contribution in [0.3, 0.4) is 0 Å². The smallest absolute Gasteiger partial charge is 0.340 e. The van der Waals surface area contributed by atoms with Gasteiger partial charge in [0.25, 0.3) is 0 Å². The molecular formula is C17H16Cl3NO2. The molecule has 2 aromatic rings. The molecule has 1 heterocycles. The number of nitrogens with zero attached hydrogens (tertiary/aromatic N) is 1. The fraction of sp³-hybridized carbons (Fsp3) is 0.294. The number of pyridine rings is 1. The summed E-state index contributed by atoms with van der Waals surface area (Å²) < 4.78 is 5.18. The minimum absolute atomic E-state index is 0.105. The summed E-state index contributed by atoms with van der Waals surface area (Å²) in [6.07, 6.45) is 0. The third-order valence-electron chi connectivity index (χ3n) is 3.57. The molecule has 0 saturated heterocycles. The highest BCUT2D eigenvalue weighted by Crippen LogP contribution is 2.37. The molecule has 1 aromatic heterocycles. The lowest BCUT2D eigenvalue weighted by Crippen LogP contribution is -2.13. The van der Waals surface area contributed by atoms with Crippen LogP contribution in [0, 0.1) is 13.8 Å². The first-order valence-corrected chi connectivity index (χ1v) is 8.38. The van der Waals surface area contributed by atoms with Gasteiger partial charge in [0.1, 0.15) is 0 Å². The number of carbonyl (C=O) groups excluding carboxylic acids is 1. The third kappa shape index (κ3) is 3.63. The maximum atomic E-state index is 12.5. The van der Waals surface area contributed by atoms with Crippen molar-refractivity contribution in [1.29, 1.82) is 0 Å². The molecule has 0 spiro atoms. The van der Waals surface area contributed by atoms with Gasteiger partial charge >= 0.3 is 5.97 Å². The Morgan fingerprint density at radius 3 is 2.52 bits per heavy atom. The molecule has 0 bridgehead atoms. The topological polar surface area (TPSA) is 39.2 Å². The van der Waals surface area contributed by atoms with Gasteiger partial charge in [0.15, 0.2) is 0 Å². The van der Waals surface area contributed by atoms with Crippen LogP contribution in [0.15, 0.2) is 18.2 Å². The van der Waals surface area contributed by atoms with E-state index in [2.05, 4.69) is 4.98 Å². The van der Waals surface area contributed by atoms with Crippen LogP contribution in [0.4, 0.5) is 0 Å².